The Morgan fingerprint density at radius 1 is 1.03 bits per heavy atom. The molecular formula is C32H34ClN3O3. The van der Waals surface area contributed by atoms with E-state index in [-0.39, 0.29) is 24.1 Å². The van der Waals surface area contributed by atoms with Crippen LogP contribution in [0.25, 0.3) is 22.0 Å². The molecule has 0 bridgehead atoms. The van der Waals surface area contributed by atoms with Crippen LogP contribution in [0.2, 0.25) is 5.02 Å². The van der Waals surface area contributed by atoms with Gasteiger partial charge in [0.25, 0.3) is 5.91 Å². The van der Waals surface area contributed by atoms with Gasteiger partial charge in [-0.25, -0.2) is 0 Å². The van der Waals surface area contributed by atoms with Crippen LogP contribution in [0, 0.1) is 0 Å². The van der Waals surface area contributed by atoms with Crippen molar-refractivity contribution >= 4 is 34.2 Å². The number of benzene rings is 3. The quantitative estimate of drug-likeness (QED) is 0.167. The first-order valence-corrected chi connectivity index (χ1v) is 14.0. The number of Topliss-reactive ketones (excluding diaryl/α,β-unsaturated/α-hetero) is 1. The minimum atomic E-state index is -0.608. The van der Waals surface area contributed by atoms with Gasteiger partial charge in [-0.3, -0.25) is 14.3 Å². The van der Waals surface area contributed by atoms with Crippen LogP contribution < -0.4 is 10.1 Å². The van der Waals surface area contributed by atoms with E-state index in [4.69, 9.17) is 16.3 Å². The van der Waals surface area contributed by atoms with E-state index in [9.17, 15) is 9.59 Å². The van der Waals surface area contributed by atoms with E-state index in [1.54, 1.807) is 12.1 Å². The summed E-state index contributed by atoms with van der Waals surface area (Å²) < 4.78 is 7.84. The molecule has 4 aromatic rings. The van der Waals surface area contributed by atoms with Gasteiger partial charge in [-0.1, -0.05) is 67.9 Å². The number of hydrogen-bond acceptors (Lipinski definition) is 4. The molecule has 0 aliphatic heterocycles. The van der Waals surface area contributed by atoms with Crippen molar-refractivity contribution in [2.45, 2.75) is 71.1 Å². The zero-order valence-corrected chi connectivity index (χ0v) is 23.5. The van der Waals surface area contributed by atoms with Crippen molar-refractivity contribution in [1.29, 1.82) is 0 Å². The Bertz CT molecular complexity index is 1510. The lowest BCUT2D eigenvalue weighted by atomic mass is 9.91. The van der Waals surface area contributed by atoms with Gasteiger partial charge in [0.1, 0.15) is 5.75 Å². The van der Waals surface area contributed by atoms with Gasteiger partial charge in [0, 0.05) is 29.0 Å². The molecule has 1 amide bonds. The molecule has 1 N–H and O–H groups in total. The number of nitrogens with one attached hydrogen (secondary N) is 1. The van der Waals surface area contributed by atoms with Crippen LogP contribution >= 0.6 is 11.6 Å². The Kier molecular flexibility index (Phi) is 7.76. The molecule has 2 atom stereocenters. The van der Waals surface area contributed by atoms with E-state index in [1.807, 2.05) is 61.1 Å². The molecule has 1 fully saturated rings. The molecule has 7 heteroatoms. The third kappa shape index (κ3) is 5.86. The van der Waals surface area contributed by atoms with Gasteiger partial charge in [-0.05, 0) is 68.0 Å². The summed E-state index contributed by atoms with van der Waals surface area (Å²) in [6.45, 7) is 8.23. The monoisotopic (exact) mass is 543 g/mol. The zero-order valence-electron chi connectivity index (χ0n) is 22.8. The Morgan fingerprint density at radius 3 is 2.38 bits per heavy atom. The zero-order chi connectivity index (χ0) is 27.7. The molecule has 1 aliphatic carbocycles. The summed E-state index contributed by atoms with van der Waals surface area (Å²) in [5, 5.41) is 9.08. The Morgan fingerprint density at radius 2 is 1.74 bits per heavy atom. The predicted molar refractivity (Wildman–Crippen MR) is 156 cm³/mol. The van der Waals surface area contributed by atoms with Crippen LogP contribution in [0.15, 0.2) is 66.9 Å². The highest BCUT2D eigenvalue weighted by Crippen LogP contribution is 2.35. The summed E-state index contributed by atoms with van der Waals surface area (Å²) in [6.07, 6.45) is 4.95. The topological polar surface area (TPSA) is 73.2 Å². The fourth-order valence-corrected chi connectivity index (χ4v) is 5.12. The smallest absolute Gasteiger partial charge is 0.292 e. The van der Waals surface area contributed by atoms with Crippen molar-refractivity contribution in [2.75, 3.05) is 0 Å². The van der Waals surface area contributed by atoms with Crippen LogP contribution in [0.4, 0.5) is 0 Å². The first-order valence-electron chi connectivity index (χ1n) is 13.6. The highest BCUT2D eigenvalue weighted by Gasteiger charge is 2.26. The van der Waals surface area contributed by atoms with Crippen LogP contribution in [0.3, 0.4) is 0 Å². The van der Waals surface area contributed by atoms with E-state index in [0.29, 0.717) is 22.8 Å². The summed E-state index contributed by atoms with van der Waals surface area (Å²) in [5.74, 6) is -0.498. The molecule has 6 nitrogen and oxygen atoms in total. The fourth-order valence-electron chi connectivity index (χ4n) is 4.88. The number of hydrogen-bond donors (Lipinski definition) is 1. The fraction of sp³-hybridized carbons (Fsp3) is 0.344. The lowest BCUT2D eigenvalue weighted by molar-refractivity contribution is -0.117. The first-order chi connectivity index (χ1) is 18.7. The van der Waals surface area contributed by atoms with Gasteiger partial charge in [-0.15, -0.1) is 0 Å². The summed E-state index contributed by atoms with van der Waals surface area (Å²) in [4.78, 5) is 26.0. The Labute approximate surface area is 234 Å². The number of aromatic nitrogens is 2. The third-order valence-corrected chi connectivity index (χ3v) is 7.73. The van der Waals surface area contributed by atoms with Crippen molar-refractivity contribution in [3.63, 3.8) is 0 Å². The molecule has 0 spiro atoms. The highest BCUT2D eigenvalue weighted by molar-refractivity contribution is 6.42. The molecule has 1 heterocycles. The molecule has 1 saturated carbocycles. The summed E-state index contributed by atoms with van der Waals surface area (Å²) >= 11 is 6.46. The number of carbonyl (C=O) groups excluding carboxylic acids is 2. The molecule has 0 radical (unpaired) electrons. The Balaban J connectivity index is 1.26. The van der Waals surface area contributed by atoms with Gasteiger partial charge in [0.05, 0.1) is 22.8 Å². The Hall–Kier alpha value is -3.64. The van der Waals surface area contributed by atoms with Gasteiger partial charge in [-0.2, -0.15) is 5.10 Å². The van der Waals surface area contributed by atoms with E-state index in [1.165, 1.54) is 0 Å². The van der Waals surface area contributed by atoms with Crippen LogP contribution in [-0.4, -0.2) is 33.6 Å². The van der Waals surface area contributed by atoms with Gasteiger partial charge >= 0.3 is 0 Å². The van der Waals surface area contributed by atoms with Gasteiger partial charge in [0.15, 0.2) is 0 Å². The van der Waals surface area contributed by atoms with Crippen LogP contribution in [-0.2, 0) is 4.79 Å². The molecule has 39 heavy (non-hydrogen) atoms. The van der Waals surface area contributed by atoms with Crippen LogP contribution in [0.5, 0.6) is 5.75 Å². The number of ketones is 1. The van der Waals surface area contributed by atoms with Crippen molar-refractivity contribution in [1.82, 2.24) is 15.1 Å². The van der Waals surface area contributed by atoms with E-state index >= 15 is 0 Å². The lowest BCUT2D eigenvalue weighted by Crippen LogP contribution is -2.41. The number of carbonyl (C=O) groups is 2. The average molecular weight is 544 g/mol. The number of amides is 1. The normalized spacial score (nSPS) is 14.8. The maximum atomic E-state index is 13.0. The van der Waals surface area contributed by atoms with Gasteiger partial charge < -0.3 is 10.1 Å². The second kappa shape index (κ2) is 11.2. The molecule has 0 saturated heterocycles. The number of ether oxygens (including phenoxy) is 1. The van der Waals surface area contributed by atoms with Crippen molar-refractivity contribution < 1.29 is 14.3 Å². The van der Waals surface area contributed by atoms with Gasteiger partial charge in [0.2, 0.25) is 5.78 Å². The molecule has 1 aliphatic rings. The van der Waals surface area contributed by atoms with Crippen molar-refractivity contribution in [2.24, 2.45) is 0 Å². The highest BCUT2D eigenvalue weighted by atomic mass is 35.5. The summed E-state index contributed by atoms with van der Waals surface area (Å²) in [5.41, 5.74) is 4.41. The second-order valence-corrected chi connectivity index (χ2v) is 11.1. The van der Waals surface area contributed by atoms with E-state index in [0.717, 1.165) is 40.4 Å². The summed E-state index contributed by atoms with van der Waals surface area (Å²) in [7, 11) is 0. The molecule has 1 aromatic heterocycles. The minimum Gasteiger partial charge on any atom is -0.489 e. The van der Waals surface area contributed by atoms with Crippen molar-refractivity contribution in [3.8, 4) is 16.9 Å². The van der Waals surface area contributed by atoms with Crippen molar-refractivity contribution in [3.05, 3.63) is 83.0 Å². The number of rotatable bonds is 10. The number of halogens is 1. The second-order valence-electron chi connectivity index (χ2n) is 10.6. The first kappa shape index (κ1) is 26.9. The van der Waals surface area contributed by atoms with E-state index < -0.39 is 11.7 Å². The molecule has 0 unspecified atom stereocenters. The molecule has 202 valence electrons. The van der Waals surface area contributed by atoms with E-state index in [2.05, 4.69) is 36.4 Å². The molecule has 3 aromatic carbocycles. The molecule has 5 rings (SSSR count). The SMILES string of the molecule is CC[C@@H](NC(=O)C(=O)c1ccc(-c2ccc3cnn(C(C)C)c3c2)cc1)[C@H](C)c1ccc(OC2CC2)c(Cl)c1. The standard InChI is InChI=1S/C32H34ClN3O3/c1-5-28(20(4)23-12-15-30(27(33)16-23)39-26-13-14-26)35-32(38)31(37)22-8-6-21(7-9-22)24-10-11-25-18-34-36(19(2)3)29(25)17-24/h6-12,15-20,26,28H,5,13-14H2,1-4H3,(H,35,38)/t20-,28-/m1/s1. The minimum absolute atomic E-state index is 0.0317. The maximum absolute atomic E-state index is 13.0. The number of fused-ring (bicyclic) bond motifs is 1. The predicted octanol–water partition coefficient (Wildman–Crippen LogP) is 7.36. The maximum Gasteiger partial charge on any atom is 0.292 e. The molecular weight excluding hydrogens is 510 g/mol. The number of nitrogens with zero attached hydrogens (tertiary/aromatic N) is 2. The van der Waals surface area contributed by atoms with Crippen LogP contribution in [0.1, 0.15) is 74.8 Å². The lowest BCUT2D eigenvalue weighted by Gasteiger charge is -2.24. The third-order valence-electron chi connectivity index (χ3n) is 7.43. The largest absolute Gasteiger partial charge is 0.489 e. The average Bonchev–Trinajstić information content (AvgIpc) is 3.66. The summed E-state index contributed by atoms with van der Waals surface area (Å²) in [6, 6.07) is 19.2.